The maximum absolute atomic E-state index is 4.42. The first kappa shape index (κ1) is 17.9. The van der Waals surface area contributed by atoms with Crippen molar-refractivity contribution < 1.29 is 0 Å². The zero-order valence-electron chi connectivity index (χ0n) is 14.0. The van der Waals surface area contributed by atoms with Crippen LogP contribution in [0.25, 0.3) is 0 Å². The van der Waals surface area contributed by atoms with Crippen molar-refractivity contribution in [1.82, 2.24) is 15.2 Å². The van der Waals surface area contributed by atoms with E-state index < -0.39 is 0 Å². The average Bonchev–Trinajstić information content (AvgIpc) is 2.58. The number of piperazine rings is 1. The summed E-state index contributed by atoms with van der Waals surface area (Å²) < 4.78 is 0. The van der Waals surface area contributed by atoms with Crippen LogP contribution in [0.5, 0.6) is 0 Å². The van der Waals surface area contributed by atoms with E-state index in [-0.39, 0.29) is 12.4 Å². The summed E-state index contributed by atoms with van der Waals surface area (Å²) in [5.74, 6) is 0. The van der Waals surface area contributed by atoms with E-state index in [0.29, 0.717) is 6.04 Å². The zero-order chi connectivity index (χ0) is 15.4. The topological polar surface area (TPSA) is 28.2 Å². The van der Waals surface area contributed by atoms with E-state index in [2.05, 4.69) is 58.5 Å². The third-order valence-electron chi connectivity index (χ3n) is 4.49. The van der Waals surface area contributed by atoms with Crippen molar-refractivity contribution in [2.75, 3.05) is 19.6 Å². The molecule has 0 bridgehead atoms. The van der Waals surface area contributed by atoms with Gasteiger partial charge in [0.25, 0.3) is 0 Å². The third kappa shape index (κ3) is 4.54. The number of pyridine rings is 1. The Bertz CT molecular complexity index is 595. The van der Waals surface area contributed by atoms with Crippen LogP contribution in [0.15, 0.2) is 42.6 Å². The minimum absolute atomic E-state index is 0. The predicted molar refractivity (Wildman–Crippen MR) is 98.1 cm³/mol. The van der Waals surface area contributed by atoms with Crippen LogP contribution in [0.2, 0.25) is 0 Å². The van der Waals surface area contributed by atoms with E-state index in [1.54, 1.807) is 0 Å². The molecule has 2 aromatic rings. The number of hydrogen-bond acceptors (Lipinski definition) is 3. The Kier molecular flexibility index (Phi) is 6.58. The summed E-state index contributed by atoms with van der Waals surface area (Å²) in [6.45, 7) is 8.36. The molecular formula is C19H26ClN3. The monoisotopic (exact) mass is 331 g/mol. The molecule has 1 aromatic heterocycles. The number of hydrogen-bond donors (Lipinski definition) is 1. The summed E-state index contributed by atoms with van der Waals surface area (Å²) in [6, 6.07) is 13.8. The van der Waals surface area contributed by atoms with Crippen LogP contribution in [0.1, 0.15) is 35.3 Å². The molecule has 1 aromatic carbocycles. The first-order chi connectivity index (χ1) is 10.8. The smallest absolute Gasteiger partial charge is 0.0476 e. The average molecular weight is 332 g/mol. The number of halogens is 1. The summed E-state index contributed by atoms with van der Waals surface area (Å²) in [7, 11) is 0. The lowest BCUT2D eigenvalue weighted by Crippen LogP contribution is -2.45. The van der Waals surface area contributed by atoms with Gasteiger partial charge in [0.1, 0.15) is 0 Å². The molecule has 1 fully saturated rings. The highest BCUT2D eigenvalue weighted by atomic mass is 35.5. The van der Waals surface area contributed by atoms with Crippen LogP contribution in [0.3, 0.4) is 0 Å². The molecule has 1 unspecified atom stereocenters. The fraction of sp³-hybridized carbons (Fsp3) is 0.421. The van der Waals surface area contributed by atoms with E-state index in [1.807, 2.05) is 13.1 Å². The minimum Gasteiger partial charge on any atom is -0.314 e. The molecule has 1 aliphatic rings. The molecule has 1 atom stereocenters. The second-order valence-corrected chi connectivity index (χ2v) is 6.09. The van der Waals surface area contributed by atoms with Gasteiger partial charge in [-0.25, -0.2) is 0 Å². The molecule has 0 aliphatic carbocycles. The summed E-state index contributed by atoms with van der Waals surface area (Å²) in [5, 5.41) is 3.53. The maximum Gasteiger partial charge on any atom is 0.0476 e. The number of aromatic nitrogens is 1. The van der Waals surface area contributed by atoms with Crippen LogP contribution in [-0.4, -0.2) is 29.5 Å². The molecule has 0 amide bonds. The number of rotatable bonds is 4. The fourth-order valence-electron chi connectivity index (χ4n) is 3.07. The Morgan fingerprint density at radius 2 is 1.87 bits per heavy atom. The molecule has 4 heteroatoms. The van der Waals surface area contributed by atoms with E-state index >= 15 is 0 Å². The summed E-state index contributed by atoms with van der Waals surface area (Å²) in [6.07, 6.45) is 3.11. The van der Waals surface area contributed by atoms with Gasteiger partial charge in [0, 0.05) is 44.1 Å². The number of benzene rings is 1. The van der Waals surface area contributed by atoms with E-state index in [1.165, 1.54) is 16.7 Å². The van der Waals surface area contributed by atoms with E-state index in [9.17, 15) is 0 Å². The molecule has 1 saturated heterocycles. The largest absolute Gasteiger partial charge is 0.314 e. The standard InChI is InChI=1S/C19H25N3.ClH/c1-3-16-6-8-18(9-7-16)19-13-20-10-11-22(19)14-17-5-4-15(2)21-12-17;/h4-9,12,19-20H,3,10-11,13-14H2,1-2H3;1H. The van der Waals surface area contributed by atoms with Gasteiger partial charge in [-0.15, -0.1) is 12.4 Å². The van der Waals surface area contributed by atoms with Gasteiger partial charge in [0.2, 0.25) is 0 Å². The molecule has 124 valence electrons. The van der Waals surface area contributed by atoms with Crippen molar-refractivity contribution in [3.8, 4) is 0 Å². The number of aryl methyl sites for hydroxylation is 2. The highest BCUT2D eigenvalue weighted by Crippen LogP contribution is 2.24. The normalized spacial score (nSPS) is 18.4. The van der Waals surface area contributed by atoms with Gasteiger partial charge in [-0.05, 0) is 36.1 Å². The molecule has 0 radical (unpaired) electrons. The SMILES string of the molecule is CCc1ccc(C2CNCCN2Cc2ccc(C)nc2)cc1.Cl. The first-order valence-electron chi connectivity index (χ1n) is 8.21. The number of nitrogens with zero attached hydrogens (tertiary/aromatic N) is 2. The summed E-state index contributed by atoms with van der Waals surface area (Å²) in [4.78, 5) is 6.98. The third-order valence-corrected chi connectivity index (χ3v) is 4.49. The zero-order valence-corrected chi connectivity index (χ0v) is 14.8. The summed E-state index contributed by atoms with van der Waals surface area (Å²) in [5.41, 5.74) is 5.18. The van der Waals surface area contributed by atoms with Crippen molar-refractivity contribution in [2.45, 2.75) is 32.9 Å². The van der Waals surface area contributed by atoms with Crippen LogP contribution in [0.4, 0.5) is 0 Å². The molecule has 1 aliphatic heterocycles. The Labute approximate surface area is 145 Å². The highest BCUT2D eigenvalue weighted by molar-refractivity contribution is 5.85. The van der Waals surface area contributed by atoms with Crippen molar-refractivity contribution in [2.24, 2.45) is 0 Å². The highest BCUT2D eigenvalue weighted by Gasteiger charge is 2.23. The quantitative estimate of drug-likeness (QED) is 0.929. The van der Waals surface area contributed by atoms with Crippen molar-refractivity contribution in [3.63, 3.8) is 0 Å². The molecule has 3 rings (SSSR count). The summed E-state index contributed by atoms with van der Waals surface area (Å²) >= 11 is 0. The van der Waals surface area contributed by atoms with Gasteiger partial charge in [-0.2, -0.15) is 0 Å². The second kappa shape index (κ2) is 8.44. The predicted octanol–water partition coefficient (Wildman–Crippen LogP) is 3.52. The Morgan fingerprint density at radius 3 is 2.52 bits per heavy atom. The molecule has 2 heterocycles. The molecular weight excluding hydrogens is 306 g/mol. The van der Waals surface area contributed by atoms with Gasteiger partial charge >= 0.3 is 0 Å². The first-order valence-corrected chi connectivity index (χ1v) is 8.21. The van der Waals surface area contributed by atoms with Crippen molar-refractivity contribution in [1.29, 1.82) is 0 Å². The Balaban J connectivity index is 0.00000192. The number of nitrogens with one attached hydrogen (secondary N) is 1. The van der Waals surface area contributed by atoms with Crippen molar-refractivity contribution in [3.05, 3.63) is 65.0 Å². The van der Waals surface area contributed by atoms with Gasteiger partial charge in [0.15, 0.2) is 0 Å². The van der Waals surface area contributed by atoms with E-state index in [4.69, 9.17) is 0 Å². The Hall–Kier alpha value is -1.42. The molecule has 3 nitrogen and oxygen atoms in total. The van der Waals surface area contributed by atoms with Gasteiger partial charge < -0.3 is 5.32 Å². The molecule has 0 saturated carbocycles. The lowest BCUT2D eigenvalue weighted by Gasteiger charge is -2.36. The van der Waals surface area contributed by atoms with Crippen molar-refractivity contribution >= 4 is 12.4 Å². The van der Waals surface area contributed by atoms with Crippen LogP contribution in [-0.2, 0) is 13.0 Å². The maximum atomic E-state index is 4.42. The van der Waals surface area contributed by atoms with E-state index in [0.717, 1.165) is 38.3 Å². The molecule has 0 spiro atoms. The van der Waals surface area contributed by atoms with Crippen LogP contribution in [0, 0.1) is 6.92 Å². The van der Waals surface area contributed by atoms with Crippen LogP contribution >= 0.6 is 12.4 Å². The molecule has 1 N–H and O–H groups in total. The minimum atomic E-state index is 0. The van der Waals surface area contributed by atoms with Gasteiger partial charge in [0.05, 0.1) is 0 Å². The lowest BCUT2D eigenvalue weighted by atomic mass is 10.0. The van der Waals surface area contributed by atoms with Gasteiger partial charge in [-0.3, -0.25) is 9.88 Å². The van der Waals surface area contributed by atoms with Crippen LogP contribution < -0.4 is 5.32 Å². The molecule has 23 heavy (non-hydrogen) atoms. The second-order valence-electron chi connectivity index (χ2n) is 6.09. The van der Waals surface area contributed by atoms with Gasteiger partial charge in [-0.1, -0.05) is 37.3 Å². The fourth-order valence-corrected chi connectivity index (χ4v) is 3.07. The Morgan fingerprint density at radius 1 is 1.13 bits per heavy atom. The lowest BCUT2D eigenvalue weighted by molar-refractivity contribution is 0.153.